The minimum Gasteiger partial charge on any atom is -0.377 e. The zero-order valence-electron chi connectivity index (χ0n) is 11.4. The Kier molecular flexibility index (Phi) is 6.35. The van der Waals surface area contributed by atoms with Gasteiger partial charge in [0.2, 0.25) is 0 Å². The van der Waals surface area contributed by atoms with Gasteiger partial charge in [0.15, 0.2) is 0 Å². The Balaban J connectivity index is 1.95. The first-order chi connectivity index (χ1) is 9.90. The molecule has 0 bridgehead atoms. The minimum absolute atomic E-state index is 0.332. The van der Waals surface area contributed by atoms with Crippen LogP contribution in [0.4, 0.5) is 5.69 Å². The van der Waals surface area contributed by atoms with Crippen molar-refractivity contribution >= 4 is 5.69 Å². The minimum atomic E-state index is 0.332. The third-order valence-corrected chi connectivity index (χ3v) is 2.75. The first-order valence-electron chi connectivity index (χ1n) is 6.60. The fourth-order valence-corrected chi connectivity index (χ4v) is 1.70. The van der Waals surface area contributed by atoms with Gasteiger partial charge in [0.05, 0.1) is 45.3 Å². The van der Waals surface area contributed by atoms with Crippen LogP contribution in [0.15, 0.2) is 24.3 Å². The molecule has 5 nitrogen and oxygen atoms in total. The Labute approximate surface area is 119 Å². The van der Waals surface area contributed by atoms with E-state index >= 15 is 0 Å². The van der Waals surface area contributed by atoms with Crippen LogP contribution in [0.2, 0.25) is 0 Å². The zero-order chi connectivity index (χ0) is 14.0. The summed E-state index contributed by atoms with van der Waals surface area (Å²) in [5, 5.41) is 1.69. The van der Waals surface area contributed by atoms with E-state index in [1.54, 1.807) is 5.06 Å². The lowest BCUT2D eigenvalue weighted by atomic mass is 10.2. The molecule has 20 heavy (non-hydrogen) atoms. The maximum atomic E-state index is 5.67. The lowest BCUT2D eigenvalue weighted by Gasteiger charge is -2.24. The molecule has 1 fully saturated rings. The summed E-state index contributed by atoms with van der Waals surface area (Å²) in [6.07, 6.45) is 5.34. The lowest BCUT2D eigenvalue weighted by molar-refractivity contribution is -0.0448. The van der Waals surface area contributed by atoms with Gasteiger partial charge in [-0.25, -0.2) is 5.06 Å². The second kappa shape index (κ2) is 8.56. The molecule has 108 valence electrons. The zero-order valence-corrected chi connectivity index (χ0v) is 11.4. The number of hydroxylamine groups is 1. The summed E-state index contributed by atoms with van der Waals surface area (Å²) in [5.74, 6) is 2.59. The number of anilines is 1. The molecule has 0 unspecified atom stereocenters. The van der Waals surface area contributed by atoms with E-state index in [9.17, 15) is 0 Å². The number of benzene rings is 1. The fourth-order valence-electron chi connectivity index (χ4n) is 1.70. The maximum Gasteiger partial charge on any atom is 0.143 e. The molecule has 0 aromatic heterocycles. The number of ether oxygens (including phenoxy) is 3. The second-order valence-electron chi connectivity index (χ2n) is 4.17. The molecule has 0 amide bonds. The Bertz CT molecular complexity index is 414. The van der Waals surface area contributed by atoms with Gasteiger partial charge < -0.3 is 14.2 Å². The van der Waals surface area contributed by atoms with Gasteiger partial charge in [-0.05, 0) is 24.3 Å². The van der Waals surface area contributed by atoms with Crippen molar-refractivity contribution in [1.82, 2.24) is 0 Å². The normalized spacial score (nSPS) is 18.6. The van der Waals surface area contributed by atoms with Gasteiger partial charge in [-0.15, -0.1) is 6.42 Å². The van der Waals surface area contributed by atoms with E-state index in [0.29, 0.717) is 46.4 Å². The monoisotopic (exact) mass is 277 g/mol. The van der Waals surface area contributed by atoms with Crippen molar-refractivity contribution in [3.63, 3.8) is 0 Å². The largest absolute Gasteiger partial charge is 0.377 e. The molecule has 0 radical (unpaired) electrons. The molecule has 0 saturated carbocycles. The average Bonchev–Trinajstić information content (AvgIpc) is 2.48. The first kappa shape index (κ1) is 14.8. The van der Waals surface area contributed by atoms with Crippen molar-refractivity contribution in [2.75, 3.05) is 51.4 Å². The number of hydrogen-bond acceptors (Lipinski definition) is 5. The third kappa shape index (κ3) is 4.83. The molecule has 1 aliphatic heterocycles. The maximum absolute atomic E-state index is 5.67. The molecule has 0 aliphatic carbocycles. The molecular weight excluding hydrogens is 258 g/mol. The molecule has 0 N–H and O–H groups in total. The van der Waals surface area contributed by atoms with E-state index < -0.39 is 0 Å². The highest BCUT2D eigenvalue weighted by Crippen LogP contribution is 2.15. The van der Waals surface area contributed by atoms with Crippen LogP contribution >= 0.6 is 0 Å². The van der Waals surface area contributed by atoms with Gasteiger partial charge >= 0.3 is 0 Å². The molecular formula is C15H19NO4. The van der Waals surface area contributed by atoms with Gasteiger partial charge in [0, 0.05) is 5.56 Å². The molecule has 1 aromatic carbocycles. The summed E-state index contributed by atoms with van der Waals surface area (Å²) in [6.45, 7) is 3.53. The van der Waals surface area contributed by atoms with Crippen LogP contribution in [0.25, 0.3) is 0 Å². The van der Waals surface area contributed by atoms with Crippen LogP contribution in [-0.2, 0) is 19.0 Å². The highest BCUT2D eigenvalue weighted by atomic mass is 16.7. The van der Waals surface area contributed by atoms with Crippen molar-refractivity contribution in [2.45, 2.75) is 0 Å². The van der Waals surface area contributed by atoms with Gasteiger partial charge in [0.25, 0.3) is 0 Å². The van der Waals surface area contributed by atoms with E-state index in [2.05, 4.69) is 5.92 Å². The third-order valence-electron chi connectivity index (χ3n) is 2.75. The van der Waals surface area contributed by atoms with Crippen LogP contribution in [0.3, 0.4) is 0 Å². The number of nitrogens with zero attached hydrogens (tertiary/aromatic N) is 1. The molecule has 5 heteroatoms. The Hall–Kier alpha value is -1.58. The summed E-state index contributed by atoms with van der Waals surface area (Å²) >= 11 is 0. The Morgan fingerprint density at radius 2 is 1.45 bits per heavy atom. The van der Waals surface area contributed by atoms with Crippen molar-refractivity contribution < 1.29 is 19.0 Å². The van der Waals surface area contributed by atoms with Gasteiger partial charge in [-0.3, -0.25) is 4.84 Å². The van der Waals surface area contributed by atoms with Crippen molar-refractivity contribution in [1.29, 1.82) is 0 Å². The quantitative estimate of drug-likeness (QED) is 0.726. The number of terminal acetylenes is 1. The van der Waals surface area contributed by atoms with Crippen LogP contribution < -0.4 is 5.06 Å². The number of rotatable bonds is 1. The lowest BCUT2D eigenvalue weighted by Crippen LogP contribution is -2.30. The highest BCUT2D eigenvalue weighted by molar-refractivity contribution is 5.48. The van der Waals surface area contributed by atoms with Gasteiger partial charge in [-0.2, -0.15) is 0 Å². The second-order valence-corrected chi connectivity index (χ2v) is 4.17. The predicted octanol–water partition coefficient (Wildman–Crippen LogP) is 1.43. The molecule has 1 saturated heterocycles. The summed E-state index contributed by atoms with van der Waals surface area (Å²) in [4.78, 5) is 5.67. The van der Waals surface area contributed by atoms with E-state index in [4.69, 9.17) is 25.5 Å². The molecule has 1 aromatic rings. The smallest absolute Gasteiger partial charge is 0.143 e. The van der Waals surface area contributed by atoms with E-state index in [1.807, 2.05) is 24.3 Å². The van der Waals surface area contributed by atoms with E-state index in [0.717, 1.165) is 11.3 Å². The first-order valence-corrected chi connectivity index (χ1v) is 6.60. The SMILES string of the molecule is C#Cc1ccc(N2COCCOCCOCCO2)cc1. The fraction of sp³-hybridized carbons (Fsp3) is 0.467. The van der Waals surface area contributed by atoms with E-state index in [1.165, 1.54) is 0 Å². The van der Waals surface area contributed by atoms with Crippen molar-refractivity contribution in [2.24, 2.45) is 0 Å². The summed E-state index contributed by atoms with van der Waals surface area (Å²) in [5.41, 5.74) is 1.72. The van der Waals surface area contributed by atoms with E-state index in [-0.39, 0.29) is 0 Å². The molecule has 1 aliphatic rings. The summed E-state index contributed by atoms with van der Waals surface area (Å²) < 4.78 is 16.3. The molecule has 1 heterocycles. The topological polar surface area (TPSA) is 40.2 Å². The number of hydrogen-bond donors (Lipinski definition) is 0. The Morgan fingerprint density at radius 3 is 2.10 bits per heavy atom. The standard InChI is InChI=1S/C15H19NO4/c1-2-14-3-5-15(6-4-14)16-13-19-10-9-17-7-8-18-11-12-20-16/h1,3-6H,7-13H2. The van der Waals surface area contributed by atoms with Crippen molar-refractivity contribution in [3.05, 3.63) is 29.8 Å². The van der Waals surface area contributed by atoms with Gasteiger partial charge in [-0.1, -0.05) is 5.92 Å². The highest BCUT2D eigenvalue weighted by Gasteiger charge is 2.08. The Morgan fingerprint density at radius 1 is 0.850 bits per heavy atom. The van der Waals surface area contributed by atoms with Crippen LogP contribution in [0.5, 0.6) is 0 Å². The summed E-state index contributed by atoms with van der Waals surface area (Å²) in [7, 11) is 0. The average molecular weight is 277 g/mol. The molecule has 0 atom stereocenters. The van der Waals surface area contributed by atoms with Gasteiger partial charge in [0.1, 0.15) is 6.73 Å². The molecule has 2 rings (SSSR count). The predicted molar refractivity (Wildman–Crippen MR) is 75.3 cm³/mol. The van der Waals surface area contributed by atoms with Crippen LogP contribution in [-0.4, -0.2) is 46.4 Å². The van der Waals surface area contributed by atoms with Crippen molar-refractivity contribution in [3.8, 4) is 12.3 Å². The molecule has 0 spiro atoms. The van der Waals surface area contributed by atoms with Crippen LogP contribution in [0.1, 0.15) is 5.56 Å². The van der Waals surface area contributed by atoms with Crippen LogP contribution in [0, 0.1) is 12.3 Å². The summed E-state index contributed by atoms with van der Waals surface area (Å²) in [6, 6.07) is 7.55.